The van der Waals surface area contributed by atoms with Crippen LogP contribution in [0.5, 0.6) is 11.5 Å². The van der Waals surface area contributed by atoms with Crippen molar-refractivity contribution in [2.75, 3.05) is 45.9 Å². The van der Waals surface area contributed by atoms with Gasteiger partial charge in [-0.05, 0) is 94.9 Å². The predicted molar refractivity (Wildman–Crippen MR) is 138 cm³/mol. The smallest absolute Gasteiger partial charge is 0.122 e. The number of hydrogen-bond donors (Lipinski definition) is 1. The molecule has 2 heterocycles. The number of likely N-dealkylation sites (tertiary alicyclic amines) is 2. The minimum atomic E-state index is -0.772. The van der Waals surface area contributed by atoms with Crippen LogP contribution in [0.4, 0.5) is 0 Å². The van der Waals surface area contributed by atoms with Crippen LogP contribution in [0.2, 0.25) is 0 Å². The van der Waals surface area contributed by atoms with Gasteiger partial charge in [-0.3, -0.25) is 9.80 Å². The molecule has 2 aromatic carbocycles. The van der Waals surface area contributed by atoms with Crippen molar-refractivity contribution in [2.45, 2.75) is 64.5 Å². The summed E-state index contributed by atoms with van der Waals surface area (Å²) < 4.78 is 12.1. The van der Waals surface area contributed by atoms with Crippen LogP contribution in [0.25, 0.3) is 0 Å². The maximum atomic E-state index is 11.2. The molecule has 0 amide bonds. The fraction of sp³-hybridized carbons (Fsp3) is 0.586. The van der Waals surface area contributed by atoms with E-state index in [9.17, 15) is 5.11 Å². The lowest BCUT2D eigenvalue weighted by molar-refractivity contribution is -0.0170. The number of nitrogens with zero attached hydrogens (tertiary/aromatic N) is 2. The monoisotopic (exact) mass is 466 g/mol. The molecule has 2 aromatic rings. The third-order valence-electron chi connectivity index (χ3n) is 7.27. The Labute approximate surface area is 205 Å². The van der Waals surface area contributed by atoms with Gasteiger partial charge in [0.1, 0.15) is 24.7 Å². The average Bonchev–Trinajstić information content (AvgIpc) is 3.01. The molecule has 1 atom stereocenters. The average molecular weight is 467 g/mol. The highest BCUT2D eigenvalue weighted by Crippen LogP contribution is 2.27. The number of aliphatic hydroxyl groups is 1. The first-order valence-corrected chi connectivity index (χ1v) is 13.1. The van der Waals surface area contributed by atoms with Gasteiger partial charge in [0.05, 0.1) is 5.60 Å². The number of aryl methyl sites for hydroxylation is 2. The van der Waals surface area contributed by atoms with E-state index in [-0.39, 0.29) is 0 Å². The van der Waals surface area contributed by atoms with Crippen molar-refractivity contribution >= 4 is 0 Å². The standard InChI is InChI=1S/C29H42N2O3/c1-24-10-11-28(25(2)20-24)34-23-29(32)12-7-16-31(17-13-29)22-26-8-6-9-27(21-26)33-19-18-30-14-4-3-5-15-30/h6,8-11,20-21,32H,3-5,7,12-19,22-23H2,1-2H3. The normalized spacial score (nSPS) is 22.3. The van der Waals surface area contributed by atoms with Gasteiger partial charge in [-0.1, -0.05) is 36.2 Å². The second-order valence-electron chi connectivity index (χ2n) is 10.3. The Bertz CT molecular complexity index is 912. The molecule has 0 aliphatic carbocycles. The van der Waals surface area contributed by atoms with E-state index < -0.39 is 5.60 Å². The largest absolute Gasteiger partial charge is 0.492 e. The van der Waals surface area contributed by atoms with E-state index in [4.69, 9.17) is 9.47 Å². The summed E-state index contributed by atoms with van der Waals surface area (Å²) in [5, 5.41) is 11.2. The molecular weight excluding hydrogens is 424 g/mol. The first kappa shape index (κ1) is 25.0. The molecule has 2 aliphatic rings. The topological polar surface area (TPSA) is 45.2 Å². The van der Waals surface area contributed by atoms with Gasteiger partial charge in [0.25, 0.3) is 0 Å². The molecule has 2 fully saturated rings. The highest BCUT2D eigenvalue weighted by Gasteiger charge is 2.31. The zero-order chi connectivity index (χ0) is 23.8. The lowest BCUT2D eigenvalue weighted by atomic mass is 9.96. The van der Waals surface area contributed by atoms with Gasteiger partial charge < -0.3 is 14.6 Å². The van der Waals surface area contributed by atoms with Gasteiger partial charge in [0.2, 0.25) is 0 Å². The molecule has 34 heavy (non-hydrogen) atoms. The van der Waals surface area contributed by atoms with Crippen LogP contribution in [-0.2, 0) is 6.54 Å². The third kappa shape index (κ3) is 7.46. The Balaban J connectivity index is 1.24. The first-order valence-electron chi connectivity index (χ1n) is 13.1. The summed E-state index contributed by atoms with van der Waals surface area (Å²) in [7, 11) is 0. The number of ether oxygens (including phenoxy) is 2. The molecule has 5 heteroatoms. The molecule has 4 rings (SSSR count). The maximum Gasteiger partial charge on any atom is 0.122 e. The van der Waals surface area contributed by atoms with Crippen molar-refractivity contribution in [3.8, 4) is 11.5 Å². The van der Waals surface area contributed by atoms with Crippen LogP contribution >= 0.6 is 0 Å². The predicted octanol–water partition coefficient (Wildman–Crippen LogP) is 4.96. The van der Waals surface area contributed by atoms with Crippen LogP contribution in [-0.4, -0.2) is 66.4 Å². The summed E-state index contributed by atoms with van der Waals surface area (Å²) in [6.45, 7) is 11.4. The van der Waals surface area contributed by atoms with Crippen molar-refractivity contribution in [3.05, 3.63) is 59.2 Å². The molecule has 0 bridgehead atoms. The number of hydrogen-bond acceptors (Lipinski definition) is 5. The summed E-state index contributed by atoms with van der Waals surface area (Å²) in [6, 6.07) is 14.7. The quantitative estimate of drug-likeness (QED) is 0.566. The molecule has 5 nitrogen and oxygen atoms in total. The van der Waals surface area contributed by atoms with E-state index in [1.54, 1.807) is 0 Å². The Morgan fingerprint density at radius 3 is 2.50 bits per heavy atom. The Hall–Kier alpha value is -2.08. The van der Waals surface area contributed by atoms with Crippen LogP contribution in [0.1, 0.15) is 55.2 Å². The van der Waals surface area contributed by atoms with E-state index in [2.05, 4.69) is 60.0 Å². The zero-order valence-corrected chi connectivity index (χ0v) is 21.1. The highest BCUT2D eigenvalue weighted by atomic mass is 16.5. The van der Waals surface area contributed by atoms with Gasteiger partial charge in [0, 0.05) is 19.6 Å². The lowest BCUT2D eigenvalue weighted by Crippen LogP contribution is -2.37. The molecule has 1 unspecified atom stereocenters. The third-order valence-corrected chi connectivity index (χ3v) is 7.27. The van der Waals surface area contributed by atoms with Crippen LogP contribution in [0.15, 0.2) is 42.5 Å². The van der Waals surface area contributed by atoms with Gasteiger partial charge >= 0.3 is 0 Å². The van der Waals surface area contributed by atoms with Crippen molar-refractivity contribution in [1.29, 1.82) is 0 Å². The second kappa shape index (κ2) is 12.1. The summed E-state index contributed by atoms with van der Waals surface area (Å²) in [6.07, 6.45) is 6.47. The summed E-state index contributed by atoms with van der Waals surface area (Å²) in [4.78, 5) is 4.96. The number of piperidine rings is 1. The lowest BCUT2D eigenvalue weighted by Gasteiger charge is -2.27. The molecule has 0 radical (unpaired) electrons. The van der Waals surface area contributed by atoms with Gasteiger partial charge in [-0.15, -0.1) is 0 Å². The van der Waals surface area contributed by atoms with Gasteiger partial charge in [-0.25, -0.2) is 0 Å². The van der Waals surface area contributed by atoms with Crippen LogP contribution in [0.3, 0.4) is 0 Å². The van der Waals surface area contributed by atoms with E-state index >= 15 is 0 Å². The Kier molecular flexibility index (Phi) is 8.87. The van der Waals surface area contributed by atoms with Crippen LogP contribution in [0, 0.1) is 13.8 Å². The van der Waals surface area contributed by atoms with Crippen molar-refractivity contribution in [3.63, 3.8) is 0 Å². The highest BCUT2D eigenvalue weighted by molar-refractivity contribution is 5.35. The zero-order valence-electron chi connectivity index (χ0n) is 21.1. The molecule has 0 saturated carbocycles. The van der Waals surface area contributed by atoms with E-state index in [1.807, 2.05) is 6.07 Å². The summed E-state index contributed by atoms with van der Waals surface area (Å²) in [5.41, 5.74) is 2.85. The van der Waals surface area contributed by atoms with Gasteiger partial charge in [-0.2, -0.15) is 0 Å². The molecule has 0 aromatic heterocycles. The van der Waals surface area contributed by atoms with Crippen molar-refractivity contribution in [2.24, 2.45) is 0 Å². The minimum absolute atomic E-state index is 0.352. The minimum Gasteiger partial charge on any atom is -0.492 e. The molecule has 186 valence electrons. The summed E-state index contributed by atoms with van der Waals surface area (Å²) in [5.74, 6) is 1.83. The molecule has 1 N–H and O–H groups in total. The molecular formula is C29H42N2O3. The maximum absolute atomic E-state index is 11.2. The van der Waals surface area contributed by atoms with Crippen molar-refractivity contribution < 1.29 is 14.6 Å². The molecule has 2 aliphatic heterocycles. The fourth-order valence-corrected chi connectivity index (χ4v) is 5.18. The van der Waals surface area contributed by atoms with Crippen molar-refractivity contribution in [1.82, 2.24) is 9.80 Å². The second-order valence-corrected chi connectivity index (χ2v) is 10.3. The molecule has 0 spiro atoms. The number of benzene rings is 2. The Morgan fingerprint density at radius 1 is 0.853 bits per heavy atom. The molecule has 2 saturated heterocycles. The van der Waals surface area contributed by atoms with Crippen LogP contribution < -0.4 is 9.47 Å². The summed E-state index contributed by atoms with van der Waals surface area (Å²) >= 11 is 0. The van der Waals surface area contributed by atoms with E-state index in [0.717, 1.165) is 69.1 Å². The van der Waals surface area contributed by atoms with Gasteiger partial charge in [0.15, 0.2) is 0 Å². The SMILES string of the molecule is Cc1ccc(OCC2(O)CCCN(Cc3cccc(OCCN4CCCCC4)c3)CC2)c(C)c1. The van der Waals surface area contributed by atoms with E-state index in [0.29, 0.717) is 6.61 Å². The first-order chi connectivity index (χ1) is 16.5. The fourth-order valence-electron chi connectivity index (χ4n) is 5.18. The Morgan fingerprint density at radius 2 is 1.68 bits per heavy atom. The number of rotatable bonds is 9. The van der Waals surface area contributed by atoms with E-state index in [1.165, 1.54) is 43.5 Å².